The topological polar surface area (TPSA) is 105 Å². The van der Waals surface area contributed by atoms with Gasteiger partial charge in [-0.15, -0.1) is 0 Å². The van der Waals surface area contributed by atoms with Gasteiger partial charge >= 0.3 is 0 Å². The van der Waals surface area contributed by atoms with Gasteiger partial charge in [-0.05, 0) is 12.3 Å². The average Bonchev–Trinajstić information content (AvgIpc) is 2.36. The molecule has 0 aliphatic rings. The number of nitrogens with two attached hydrogens (primary N) is 1. The van der Waals surface area contributed by atoms with Gasteiger partial charge in [0.25, 0.3) is 0 Å². The molecule has 1 rings (SSSR count). The molecule has 17 heavy (non-hydrogen) atoms. The fourth-order valence-corrected chi connectivity index (χ4v) is 1.39. The Bertz CT molecular complexity index is 347. The number of methoxy groups -OCH3 is 1. The molecule has 1 atom stereocenters. The van der Waals surface area contributed by atoms with Crippen molar-refractivity contribution in [3.8, 4) is 5.75 Å². The van der Waals surface area contributed by atoms with Crippen LogP contribution in [0.15, 0.2) is 6.33 Å². The molecule has 0 spiro atoms. The molecule has 0 radical (unpaired) electrons. The van der Waals surface area contributed by atoms with Gasteiger partial charge in [0.05, 0.1) is 7.11 Å². The molecule has 1 unspecified atom stereocenters. The minimum atomic E-state index is 0.180. The quantitative estimate of drug-likeness (QED) is 0.399. The fraction of sp³-hybridized carbons (Fsp3) is 0.600. The van der Waals surface area contributed by atoms with E-state index >= 15 is 0 Å². The predicted octanol–water partition coefficient (Wildman–Crippen LogP) is 0.201. The van der Waals surface area contributed by atoms with Crippen LogP contribution in [0, 0.1) is 5.92 Å². The standard InChI is InChI=1S/C10H19N5O2/c1-7(3-4-16)5-12-9-8(17-2)10(15-11)14-6-13-9/h6-7,16H,3-5,11H2,1-2H3,(H2,12,13,14,15). The second kappa shape index (κ2) is 6.87. The third-order valence-corrected chi connectivity index (χ3v) is 2.38. The number of aliphatic hydroxyl groups excluding tert-OH is 1. The van der Waals surface area contributed by atoms with Gasteiger partial charge in [0, 0.05) is 13.2 Å². The summed E-state index contributed by atoms with van der Waals surface area (Å²) in [7, 11) is 1.53. The van der Waals surface area contributed by atoms with Crippen molar-refractivity contribution in [2.24, 2.45) is 11.8 Å². The van der Waals surface area contributed by atoms with Gasteiger partial charge in [-0.3, -0.25) is 0 Å². The lowest BCUT2D eigenvalue weighted by Crippen LogP contribution is -2.16. The van der Waals surface area contributed by atoms with Gasteiger partial charge in [0.2, 0.25) is 5.75 Å². The van der Waals surface area contributed by atoms with Gasteiger partial charge in [-0.2, -0.15) is 0 Å². The van der Waals surface area contributed by atoms with E-state index < -0.39 is 0 Å². The van der Waals surface area contributed by atoms with E-state index in [-0.39, 0.29) is 6.61 Å². The van der Waals surface area contributed by atoms with Crippen LogP contribution in [-0.4, -0.2) is 35.3 Å². The number of rotatable bonds is 7. The van der Waals surface area contributed by atoms with Gasteiger partial charge in [0.15, 0.2) is 11.6 Å². The molecule has 0 saturated heterocycles. The summed E-state index contributed by atoms with van der Waals surface area (Å²) < 4.78 is 5.18. The summed E-state index contributed by atoms with van der Waals surface area (Å²) in [5.41, 5.74) is 2.44. The third kappa shape index (κ3) is 3.72. The highest BCUT2D eigenvalue weighted by molar-refractivity contribution is 5.62. The number of anilines is 2. The van der Waals surface area contributed by atoms with E-state index in [1.165, 1.54) is 13.4 Å². The summed E-state index contributed by atoms with van der Waals surface area (Å²) in [6.07, 6.45) is 2.14. The van der Waals surface area contributed by atoms with Crippen molar-refractivity contribution in [3.63, 3.8) is 0 Å². The van der Waals surface area contributed by atoms with Crippen molar-refractivity contribution in [1.82, 2.24) is 9.97 Å². The number of hydrogen-bond donors (Lipinski definition) is 4. The number of nitrogens with one attached hydrogen (secondary N) is 2. The van der Waals surface area contributed by atoms with Gasteiger partial charge in [-0.1, -0.05) is 6.92 Å². The zero-order valence-corrected chi connectivity index (χ0v) is 10.1. The van der Waals surface area contributed by atoms with Crippen LogP contribution < -0.4 is 21.3 Å². The molecule has 0 aliphatic carbocycles. The van der Waals surface area contributed by atoms with E-state index in [0.717, 1.165) is 6.42 Å². The van der Waals surface area contributed by atoms with E-state index in [1.54, 1.807) is 0 Å². The van der Waals surface area contributed by atoms with E-state index in [9.17, 15) is 0 Å². The largest absolute Gasteiger partial charge is 0.490 e. The first kappa shape index (κ1) is 13.5. The van der Waals surface area contributed by atoms with Crippen molar-refractivity contribution >= 4 is 11.6 Å². The van der Waals surface area contributed by atoms with E-state index in [4.69, 9.17) is 15.7 Å². The van der Waals surface area contributed by atoms with E-state index in [1.807, 2.05) is 6.92 Å². The summed E-state index contributed by atoms with van der Waals surface area (Å²) in [4.78, 5) is 8.02. The smallest absolute Gasteiger partial charge is 0.205 e. The first-order valence-corrected chi connectivity index (χ1v) is 5.43. The molecule has 1 aromatic rings. The summed E-state index contributed by atoms with van der Waals surface area (Å²) in [5, 5.41) is 12.0. The Labute approximate surface area is 100 Å². The molecule has 0 aliphatic heterocycles. The number of aromatic nitrogens is 2. The van der Waals surface area contributed by atoms with Crippen molar-refractivity contribution < 1.29 is 9.84 Å². The van der Waals surface area contributed by atoms with Crippen molar-refractivity contribution in [1.29, 1.82) is 0 Å². The Hall–Kier alpha value is -1.60. The molecule has 5 N–H and O–H groups in total. The van der Waals surface area contributed by atoms with Crippen LogP contribution in [0.4, 0.5) is 11.6 Å². The van der Waals surface area contributed by atoms with Crippen LogP contribution in [-0.2, 0) is 0 Å². The molecule has 0 fully saturated rings. The summed E-state index contributed by atoms with van der Waals surface area (Å²) in [6, 6.07) is 0. The molecule has 0 bridgehead atoms. The molecule has 96 valence electrons. The normalized spacial score (nSPS) is 12.0. The number of ether oxygens (including phenoxy) is 1. The SMILES string of the molecule is COc1c(NN)ncnc1NCC(C)CCO. The Morgan fingerprint density at radius 1 is 1.47 bits per heavy atom. The van der Waals surface area contributed by atoms with Gasteiger partial charge in [-0.25, -0.2) is 15.8 Å². The molecule has 1 aromatic heterocycles. The predicted molar refractivity (Wildman–Crippen MR) is 65.8 cm³/mol. The Morgan fingerprint density at radius 2 is 2.18 bits per heavy atom. The maximum atomic E-state index is 8.81. The summed E-state index contributed by atoms with van der Waals surface area (Å²) >= 11 is 0. The van der Waals surface area contributed by atoms with Crippen molar-refractivity contribution in [2.75, 3.05) is 31.0 Å². The lowest BCUT2D eigenvalue weighted by molar-refractivity contribution is 0.265. The van der Waals surface area contributed by atoms with Crippen LogP contribution >= 0.6 is 0 Å². The molecule has 1 heterocycles. The molecular weight excluding hydrogens is 222 g/mol. The average molecular weight is 241 g/mol. The summed E-state index contributed by atoms with van der Waals surface area (Å²) in [6.45, 7) is 2.91. The highest BCUT2D eigenvalue weighted by atomic mass is 16.5. The van der Waals surface area contributed by atoms with Crippen LogP contribution in [0.2, 0.25) is 0 Å². The Balaban J connectivity index is 2.70. The maximum Gasteiger partial charge on any atom is 0.205 e. The zero-order valence-electron chi connectivity index (χ0n) is 10.1. The van der Waals surface area contributed by atoms with E-state index in [0.29, 0.717) is 29.8 Å². The Kier molecular flexibility index (Phi) is 5.44. The number of hydrogen-bond acceptors (Lipinski definition) is 7. The first-order valence-electron chi connectivity index (χ1n) is 5.43. The number of nitrogen functional groups attached to an aromatic ring is 1. The maximum absolute atomic E-state index is 8.81. The number of nitrogens with zero attached hydrogens (tertiary/aromatic N) is 2. The van der Waals surface area contributed by atoms with Crippen LogP contribution in [0.3, 0.4) is 0 Å². The second-order valence-corrected chi connectivity index (χ2v) is 3.75. The molecule has 7 heteroatoms. The fourth-order valence-electron chi connectivity index (χ4n) is 1.39. The van der Waals surface area contributed by atoms with Gasteiger partial charge in [0.1, 0.15) is 6.33 Å². The highest BCUT2D eigenvalue weighted by Gasteiger charge is 2.11. The lowest BCUT2D eigenvalue weighted by atomic mass is 10.1. The molecule has 7 nitrogen and oxygen atoms in total. The Morgan fingerprint density at radius 3 is 2.76 bits per heavy atom. The second-order valence-electron chi connectivity index (χ2n) is 3.75. The lowest BCUT2D eigenvalue weighted by Gasteiger charge is -2.15. The monoisotopic (exact) mass is 241 g/mol. The molecule has 0 saturated carbocycles. The third-order valence-electron chi connectivity index (χ3n) is 2.38. The van der Waals surface area contributed by atoms with Crippen molar-refractivity contribution in [2.45, 2.75) is 13.3 Å². The van der Waals surface area contributed by atoms with Gasteiger partial charge < -0.3 is 20.6 Å². The summed E-state index contributed by atoms with van der Waals surface area (Å²) in [5.74, 6) is 7.15. The van der Waals surface area contributed by atoms with E-state index in [2.05, 4.69) is 20.7 Å². The molecule has 0 amide bonds. The first-order chi connectivity index (χ1) is 8.22. The van der Waals surface area contributed by atoms with Crippen LogP contribution in [0.5, 0.6) is 5.75 Å². The number of aliphatic hydroxyl groups is 1. The van der Waals surface area contributed by atoms with Crippen LogP contribution in [0.1, 0.15) is 13.3 Å². The number of hydrazine groups is 1. The minimum Gasteiger partial charge on any atom is -0.490 e. The highest BCUT2D eigenvalue weighted by Crippen LogP contribution is 2.28. The molecule has 0 aromatic carbocycles. The zero-order chi connectivity index (χ0) is 12.7. The van der Waals surface area contributed by atoms with Crippen molar-refractivity contribution in [3.05, 3.63) is 6.33 Å². The van der Waals surface area contributed by atoms with Crippen LogP contribution in [0.25, 0.3) is 0 Å². The molecular formula is C10H19N5O2. The minimum absolute atomic E-state index is 0.180.